The zero-order valence-corrected chi connectivity index (χ0v) is 37.3. The molecule has 1 unspecified atom stereocenters. The summed E-state index contributed by atoms with van der Waals surface area (Å²) in [6.07, 6.45) is 68.8. The first-order valence-electron chi connectivity index (χ1n) is 23.4. The van der Waals surface area contributed by atoms with Crippen LogP contribution in [0.3, 0.4) is 0 Å². The summed E-state index contributed by atoms with van der Waals surface area (Å²) in [7, 11) is 0. The summed E-state index contributed by atoms with van der Waals surface area (Å²) >= 11 is 0. The summed E-state index contributed by atoms with van der Waals surface area (Å²) < 4.78 is 10.6. The van der Waals surface area contributed by atoms with E-state index >= 15 is 0 Å². The number of carbonyl (C=O) groups excluding carboxylic acids is 2. The number of hydrogen-bond acceptors (Lipinski definition) is 5. The maximum Gasteiger partial charge on any atom is 0.306 e. The number of hydrogen-bond donors (Lipinski definition) is 1. The number of unbranched alkanes of at least 4 members (excludes halogenated alkanes) is 15. The Labute approximate surface area is 357 Å². The predicted molar refractivity (Wildman–Crippen MR) is 251 cm³/mol. The highest BCUT2D eigenvalue weighted by Gasteiger charge is 2.16. The minimum atomic E-state index is -0.796. The largest absolute Gasteiger partial charge is 0.462 e. The van der Waals surface area contributed by atoms with Crippen molar-refractivity contribution in [1.82, 2.24) is 0 Å². The van der Waals surface area contributed by atoms with Gasteiger partial charge in [0.1, 0.15) is 6.61 Å². The van der Waals surface area contributed by atoms with Crippen molar-refractivity contribution < 1.29 is 24.2 Å². The van der Waals surface area contributed by atoms with Crippen LogP contribution in [0.25, 0.3) is 0 Å². The van der Waals surface area contributed by atoms with E-state index < -0.39 is 6.10 Å². The Balaban J connectivity index is 3.67. The molecule has 0 aromatic carbocycles. The van der Waals surface area contributed by atoms with Gasteiger partial charge in [-0.1, -0.05) is 187 Å². The number of aliphatic hydroxyl groups excluding tert-OH is 1. The van der Waals surface area contributed by atoms with Gasteiger partial charge in [0.25, 0.3) is 0 Å². The molecule has 0 radical (unpaired) electrons. The van der Waals surface area contributed by atoms with Gasteiger partial charge in [0.2, 0.25) is 0 Å². The van der Waals surface area contributed by atoms with Crippen molar-refractivity contribution in [2.24, 2.45) is 0 Å². The first kappa shape index (κ1) is 54.6. The summed E-state index contributed by atoms with van der Waals surface area (Å²) in [5.41, 5.74) is 0. The lowest BCUT2D eigenvalue weighted by Crippen LogP contribution is -2.28. The van der Waals surface area contributed by atoms with Crippen molar-refractivity contribution >= 4 is 11.9 Å². The highest BCUT2D eigenvalue weighted by molar-refractivity contribution is 5.70. The zero-order valence-electron chi connectivity index (χ0n) is 37.3. The molecule has 0 rings (SSSR count). The van der Waals surface area contributed by atoms with Gasteiger partial charge in [-0.25, -0.2) is 0 Å². The van der Waals surface area contributed by atoms with Crippen molar-refractivity contribution in [3.05, 3.63) is 109 Å². The van der Waals surface area contributed by atoms with Crippen molar-refractivity contribution in [3.63, 3.8) is 0 Å². The number of esters is 2. The van der Waals surface area contributed by atoms with E-state index in [0.717, 1.165) is 109 Å². The lowest BCUT2D eigenvalue weighted by atomic mass is 10.1. The van der Waals surface area contributed by atoms with Crippen LogP contribution >= 0.6 is 0 Å². The quantitative estimate of drug-likeness (QED) is 0.0379. The molecule has 0 heterocycles. The van der Waals surface area contributed by atoms with Gasteiger partial charge in [-0.3, -0.25) is 9.59 Å². The normalized spacial score (nSPS) is 13.2. The van der Waals surface area contributed by atoms with E-state index in [0.29, 0.717) is 12.8 Å². The fourth-order valence-corrected chi connectivity index (χ4v) is 6.03. The second-order valence-corrected chi connectivity index (χ2v) is 15.1. The van der Waals surface area contributed by atoms with E-state index in [1.807, 2.05) is 0 Å². The van der Waals surface area contributed by atoms with E-state index in [2.05, 4.69) is 123 Å². The van der Waals surface area contributed by atoms with Gasteiger partial charge in [-0.05, 0) is 103 Å². The van der Waals surface area contributed by atoms with Gasteiger partial charge < -0.3 is 14.6 Å². The van der Waals surface area contributed by atoms with Crippen LogP contribution in [0.2, 0.25) is 0 Å². The smallest absolute Gasteiger partial charge is 0.306 e. The Morgan fingerprint density at radius 2 is 0.741 bits per heavy atom. The van der Waals surface area contributed by atoms with E-state index in [9.17, 15) is 14.7 Å². The predicted octanol–water partition coefficient (Wildman–Crippen LogP) is 15.4. The third-order valence-electron chi connectivity index (χ3n) is 9.55. The Morgan fingerprint density at radius 3 is 1.14 bits per heavy atom. The van der Waals surface area contributed by atoms with Gasteiger partial charge in [0.05, 0.1) is 6.61 Å². The summed E-state index contributed by atoms with van der Waals surface area (Å²) in [5, 5.41) is 9.59. The van der Waals surface area contributed by atoms with E-state index in [-0.39, 0.29) is 25.2 Å². The number of ether oxygens (including phenoxy) is 2. The molecule has 0 aliphatic rings. The van der Waals surface area contributed by atoms with Crippen LogP contribution in [0.4, 0.5) is 0 Å². The number of rotatable bonds is 41. The summed E-state index contributed by atoms with van der Waals surface area (Å²) in [6, 6.07) is 0. The molecule has 0 spiro atoms. The van der Waals surface area contributed by atoms with E-state index in [4.69, 9.17) is 9.47 Å². The van der Waals surface area contributed by atoms with Crippen LogP contribution in [0.5, 0.6) is 0 Å². The molecular formula is C53H86O5. The van der Waals surface area contributed by atoms with Gasteiger partial charge >= 0.3 is 11.9 Å². The SMILES string of the molecule is CC/C=C\C/C=C\C/C=C\C/C=C\C/C=C\C/C=C\C/C=C\C/C=C\CCCCCCC(=O)OC(CO)COC(=O)CCCCCCC/C=C\CCCCCCCC. The standard InChI is InChI=1S/C53H86O5/c1-3-5-7-9-11-13-15-17-19-20-21-22-23-24-25-26-27-28-29-30-31-32-34-36-38-40-42-44-46-48-53(56)58-51(49-54)50-57-52(55)47-45-43-41-39-37-35-33-18-16-14-12-10-8-6-4-2/h5,7,11,13,17-19,21-22,24-25,27-28,30-31,33-34,36,51,54H,3-4,6,8-10,12,14-16,20,23,26,29,32,35,37-50H2,1-2H3/b7-5-,13-11-,19-17-,22-21-,25-24-,28-27-,31-30-,33-18-,36-34-. The summed E-state index contributed by atoms with van der Waals surface area (Å²) in [5.74, 6) is -0.638. The molecule has 0 saturated carbocycles. The molecule has 0 fully saturated rings. The highest BCUT2D eigenvalue weighted by Crippen LogP contribution is 2.12. The molecule has 5 heteroatoms. The van der Waals surface area contributed by atoms with E-state index in [1.54, 1.807) is 0 Å². The molecule has 0 aliphatic carbocycles. The van der Waals surface area contributed by atoms with Crippen LogP contribution in [-0.2, 0) is 19.1 Å². The number of allylic oxidation sites excluding steroid dienone is 18. The monoisotopic (exact) mass is 803 g/mol. The second kappa shape index (κ2) is 47.9. The molecule has 58 heavy (non-hydrogen) atoms. The molecule has 0 saturated heterocycles. The summed E-state index contributed by atoms with van der Waals surface area (Å²) in [4.78, 5) is 24.4. The van der Waals surface area contributed by atoms with Crippen molar-refractivity contribution in [3.8, 4) is 0 Å². The molecule has 5 nitrogen and oxygen atoms in total. The molecule has 0 aromatic heterocycles. The highest BCUT2D eigenvalue weighted by atomic mass is 16.6. The molecule has 0 amide bonds. The molecule has 328 valence electrons. The fourth-order valence-electron chi connectivity index (χ4n) is 6.03. The molecule has 1 N–H and O–H groups in total. The van der Waals surface area contributed by atoms with Crippen molar-refractivity contribution in [2.75, 3.05) is 13.2 Å². The summed E-state index contributed by atoms with van der Waals surface area (Å²) in [6.45, 7) is 3.98. The molecule has 0 aliphatic heterocycles. The molecular weight excluding hydrogens is 717 g/mol. The van der Waals surface area contributed by atoms with E-state index in [1.165, 1.54) is 57.8 Å². The Hall–Kier alpha value is -3.44. The Kier molecular flexibility index (Phi) is 45.1. The zero-order chi connectivity index (χ0) is 42.1. The maximum absolute atomic E-state index is 12.2. The van der Waals surface area contributed by atoms with Crippen LogP contribution in [0.15, 0.2) is 109 Å². The van der Waals surface area contributed by atoms with Crippen molar-refractivity contribution in [2.45, 2.75) is 200 Å². The maximum atomic E-state index is 12.2. The average molecular weight is 803 g/mol. The minimum Gasteiger partial charge on any atom is -0.462 e. The van der Waals surface area contributed by atoms with Gasteiger partial charge in [0, 0.05) is 12.8 Å². The first-order valence-corrected chi connectivity index (χ1v) is 23.4. The van der Waals surface area contributed by atoms with Crippen LogP contribution in [-0.4, -0.2) is 36.4 Å². The topological polar surface area (TPSA) is 72.8 Å². The molecule has 1 atom stereocenters. The average Bonchev–Trinajstić information content (AvgIpc) is 3.23. The third kappa shape index (κ3) is 45.3. The lowest BCUT2D eigenvalue weighted by molar-refractivity contribution is -0.161. The molecule has 0 aromatic rings. The van der Waals surface area contributed by atoms with Gasteiger partial charge in [0.15, 0.2) is 6.10 Å². The van der Waals surface area contributed by atoms with Crippen LogP contribution in [0.1, 0.15) is 194 Å². The second-order valence-electron chi connectivity index (χ2n) is 15.1. The Bertz CT molecular complexity index is 1180. The third-order valence-corrected chi connectivity index (χ3v) is 9.55. The number of carbonyl (C=O) groups is 2. The van der Waals surface area contributed by atoms with Crippen molar-refractivity contribution in [1.29, 1.82) is 0 Å². The van der Waals surface area contributed by atoms with Crippen LogP contribution < -0.4 is 0 Å². The Morgan fingerprint density at radius 1 is 0.414 bits per heavy atom. The fraction of sp³-hybridized carbons (Fsp3) is 0.623. The molecule has 0 bridgehead atoms. The minimum absolute atomic E-state index is 0.0871. The lowest BCUT2D eigenvalue weighted by Gasteiger charge is -2.15. The van der Waals surface area contributed by atoms with Gasteiger partial charge in [-0.2, -0.15) is 0 Å². The number of aliphatic hydroxyl groups is 1. The van der Waals surface area contributed by atoms with Crippen LogP contribution in [0, 0.1) is 0 Å². The van der Waals surface area contributed by atoms with Gasteiger partial charge in [-0.15, -0.1) is 0 Å². The first-order chi connectivity index (χ1) is 28.6.